The maximum Gasteiger partial charge on any atom is 0.0434 e. The van der Waals surface area contributed by atoms with Crippen molar-refractivity contribution in [1.29, 1.82) is 0 Å². The minimum Gasteiger partial charge on any atom is -0.144 e. The van der Waals surface area contributed by atoms with Crippen molar-refractivity contribution in [2.24, 2.45) is 0 Å². The molecule has 0 spiro atoms. The third kappa shape index (κ3) is 3.12. The Kier molecular flexibility index (Phi) is 4.74. The minimum absolute atomic E-state index is 1.26. The summed E-state index contributed by atoms with van der Waals surface area (Å²) < 4.78 is 4.08. The Morgan fingerprint density at radius 2 is 1.07 bits per heavy atom. The second-order valence-electron chi connectivity index (χ2n) is 10.5. The molecule has 0 fully saturated rings. The van der Waals surface area contributed by atoms with Gasteiger partial charge in [-0.1, -0.05) is 103 Å². The van der Waals surface area contributed by atoms with Gasteiger partial charge >= 0.3 is 0 Å². The molecule has 0 aliphatic heterocycles. The zero-order valence-corrected chi connectivity index (χ0v) is 23.2. The highest BCUT2D eigenvalue weighted by molar-refractivity contribution is 7.26. The average Bonchev–Trinajstić information content (AvgIpc) is 3.64. The van der Waals surface area contributed by atoms with E-state index in [-0.39, 0.29) is 0 Å². The van der Waals surface area contributed by atoms with Crippen molar-refractivity contribution in [1.82, 2.24) is 0 Å². The van der Waals surface area contributed by atoms with Gasteiger partial charge in [0, 0.05) is 35.8 Å². The molecule has 2 heteroatoms. The van der Waals surface area contributed by atoms with Crippen molar-refractivity contribution >= 4 is 85.2 Å². The van der Waals surface area contributed by atoms with Crippen molar-refractivity contribution in [2.75, 3.05) is 0 Å². The Hall–Kier alpha value is -4.50. The number of thiophene rings is 2. The van der Waals surface area contributed by atoms with Crippen LogP contribution in [-0.4, -0.2) is 0 Å². The number of hydrogen-bond donors (Lipinski definition) is 0. The highest BCUT2D eigenvalue weighted by Crippen LogP contribution is 2.49. The largest absolute Gasteiger partial charge is 0.144 e. The first-order valence-corrected chi connectivity index (χ1v) is 15.3. The van der Waals surface area contributed by atoms with Gasteiger partial charge in [-0.05, 0) is 78.7 Å². The Labute approximate surface area is 239 Å². The molecule has 0 atom stereocenters. The SMILES string of the molecule is c1ccc2cc(-c3c4ccccc4c(-c4cccc5c4sc4ccc6sccc6c45)c4ccccc34)ccc2c1. The van der Waals surface area contributed by atoms with E-state index in [0.29, 0.717) is 0 Å². The topological polar surface area (TPSA) is 0 Å². The number of fused-ring (bicyclic) bond motifs is 8. The zero-order valence-electron chi connectivity index (χ0n) is 21.5. The van der Waals surface area contributed by atoms with Crippen LogP contribution >= 0.6 is 22.7 Å². The molecule has 0 bridgehead atoms. The smallest absolute Gasteiger partial charge is 0.0434 e. The van der Waals surface area contributed by atoms with Crippen LogP contribution in [-0.2, 0) is 0 Å². The van der Waals surface area contributed by atoms with E-state index in [1.807, 2.05) is 22.7 Å². The summed E-state index contributed by atoms with van der Waals surface area (Å²) in [6.07, 6.45) is 0. The number of hydrogen-bond acceptors (Lipinski definition) is 2. The predicted octanol–water partition coefficient (Wildman–Crippen LogP) is 12.1. The summed E-state index contributed by atoms with van der Waals surface area (Å²) in [7, 11) is 0. The predicted molar refractivity (Wildman–Crippen MR) is 178 cm³/mol. The van der Waals surface area contributed by atoms with Gasteiger partial charge in [0.25, 0.3) is 0 Å². The third-order valence-corrected chi connectivity index (χ3v) is 10.4. The second-order valence-corrected chi connectivity index (χ2v) is 12.5. The van der Waals surface area contributed by atoms with Crippen LogP contribution in [0.5, 0.6) is 0 Å². The molecule has 0 radical (unpaired) electrons. The molecule has 9 rings (SSSR count). The molecule has 40 heavy (non-hydrogen) atoms. The molecule has 2 aromatic heterocycles. The van der Waals surface area contributed by atoms with E-state index >= 15 is 0 Å². The lowest BCUT2D eigenvalue weighted by Crippen LogP contribution is -1.91. The van der Waals surface area contributed by atoms with E-state index in [2.05, 4.69) is 133 Å². The van der Waals surface area contributed by atoms with Gasteiger partial charge < -0.3 is 0 Å². The Bertz CT molecular complexity index is 2380. The van der Waals surface area contributed by atoms with Crippen LogP contribution in [0, 0.1) is 0 Å². The van der Waals surface area contributed by atoms with E-state index < -0.39 is 0 Å². The van der Waals surface area contributed by atoms with Crippen molar-refractivity contribution in [2.45, 2.75) is 0 Å². The van der Waals surface area contributed by atoms with E-state index in [9.17, 15) is 0 Å². The van der Waals surface area contributed by atoms with Crippen LogP contribution in [0.2, 0.25) is 0 Å². The molecule has 7 aromatic carbocycles. The van der Waals surface area contributed by atoms with E-state index in [1.165, 1.54) is 84.8 Å². The highest BCUT2D eigenvalue weighted by atomic mass is 32.1. The maximum atomic E-state index is 2.35. The molecule has 0 saturated carbocycles. The highest BCUT2D eigenvalue weighted by Gasteiger charge is 2.20. The van der Waals surface area contributed by atoms with Gasteiger partial charge in [0.15, 0.2) is 0 Å². The minimum atomic E-state index is 1.26. The van der Waals surface area contributed by atoms with Gasteiger partial charge in [0.1, 0.15) is 0 Å². The van der Waals surface area contributed by atoms with Gasteiger partial charge in [-0.15, -0.1) is 22.7 Å². The lowest BCUT2D eigenvalue weighted by molar-refractivity contribution is 1.69. The van der Waals surface area contributed by atoms with Gasteiger partial charge in [0.05, 0.1) is 0 Å². The average molecular weight is 543 g/mol. The van der Waals surface area contributed by atoms with Crippen LogP contribution in [0.25, 0.3) is 84.8 Å². The Balaban J connectivity index is 1.43. The fraction of sp³-hybridized carbons (Fsp3) is 0. The summed E-state index contributed by atoms with van der Waals surface area (Å²) >= 11 is 3.75. The first-order chi connectivity index (χ1) is 19.8. The molecule has 0 amide bonds. The third-order valence-electron chi connectivity index (χ3n) is 8.33. The summed E-state index contributed by atoms with van der Waals surface area (Å²) in [6.45, 7) is 0. The molecular formula is C38H22S2. The van der Waals surface area contributed by atoms with E-state index in [4.69, 9.17) is 0 Å². The second kappa shape index (κ2) is 8.50. The van der Waals surface area contributed by atoms with Gasteiger partial charge in [0.2, 0.25) is 0 Å². The number of benzene rings is 7. The first-order valence-electron chi connectivity index (χ1n) is 13.6. The van der Waals surface area contributed by atoms with E-state index in [0.717, 1.165) is 0 Å². The van der Waals surface area contributed by atoms with Crippen LogP contribution < -0.4 is 0 Å². The molecule has 0 nitrogen and oxygen atoms in total. The molecule has 0 aliphatic rings. The van der Waals surface area contributed by atoms with Crippen molar-refractivity contribution in [3.63, 3.8) is 0 Å². The first kappa shape index (κ1) is 22.3. The van der Waals surface area contributed by atoms with Crippen LogP contribution in [0.1, 0.15) is 0 Å². The maximum absolute atomic E-state index is 2.35. The molecule has 0 saturated heterocycles. The van der Waals surface area contributed by atoms with Crippen LogP contribution in [0.15, 0.2) is 133 Å². The quantitative estimate of drug-likeness (QED) is 0.191. The molecule has 0 unspecified atom stereocenters. The number of rotatable bonds is 2. The summed E-state index contributed by atoms with van der Waals surface area (Å²) in [5, 5.41) is 14.1. The monoisotopic (exact) mass is 542 g/mol. The molecule has 2 heterocycles. The normalized spacial score (nSPS) is 12.0. The summed E-state index contributed by atoms with van der Waals surface area (Å²) in [4.78, 5) is 0. The van der Waals surface area contributed by atoms with Crippen molar-refractivity contribution in [3.8, 4) is 22.3 Å². The summed E-state index contributed by atoms with van der Waals surface area (Å²) in [6, 6.07) is 47.2. The molecule has 186 valence electrons. The van der Waals surface area contributed by atoms with Gasteiger partial charge in [-0.3, -0.25) is 0 Å². The standard InChI is InChI=1S/C38H22S2/c1-2-9-24-22-25(17-16-23(24)8-1)35-26-10-3-5-12-28(26)36(29-13-6-4-11-27(29)35)31-14-7-15-32-37-30-20-21-39-33(30)18-19-34(37)40-38(31)32/h1-22H. The molecule has 0 aliphatic carbocycles. The Morgan fingerprint density at radius 1 is 0.425 bits per heavy atom. The lowest BCUT2D eigenvalue weighted by atomic mass is 9.85. The molecule has 0 N–H and O–H groups in total. The fourth-order valence-corrected chi connectivity index (χ4v) is 8.64. The van der Waals surface area contributed by atoms with Gasteiger partial charge in [-0.25, -0.2) is 0 Å². The summed E-state index contributed by atoms with van der Waals surface area (Å²) in [5.74, 6) is 0. The Morgan fingerprint density at radius 3 is 1.85 bits per heavy atom. The van der Waals surface area contributed by atoms with E-state index in [1.54, 1.807) is 0 Å². The molecule has 9 aromatic rings. The van der Waals surface area contributed by atoms with Crippen molar-refractivity contribution < 1.29 is 0 Å². The molecular weight excluding hydrogens is 521 g/mol. The van der Waals surface area contributed by atoms with Crippen LogP contribution in [0.3, 0.4) is 0 Å². The fourth-order valence-electron chi connectivity index (χ4n) is 6.61. The van der Waals surface area contributed by atoms with Gasteiger partial charge in [-0.2, -0.15) is 0 Å². The summed E-state index contributed by atoms with van der Waals surface area (Å²) in [5.41, 5.74) is 5.22. The zero-order chi connectivity index (χ0) is 26.2. The lowest BCUT2D eigenvalue weighted by Gasteiger charge is -2.18. The van der Waals surface area contributed by atoms with Crippen LogP contribution in [0.4, 0.5) is 0 Å². The van der Waals surface area contributed by atoms with Crippen molar-refractivity contribution in [3.05, 3.63) is 133 Å².